The summed E-state index contributed by atoms with van der Waals surface area (Å²) in [7, 11) is 0. The van der Waals surface area contributed by atoms with Gasteiger partial charge in [0.05, 0.1) is 0 Å². The molecule has 2 rings (SSSR count). The Hall–Kier alpha value is -1.59. The lowest BCUT2D eigenvalue weighted by Crippen LogP contribution is -2.46. The zero-order valence-corrected chi connectivity index (χ0v) is 12.7. The van der Waals surface area contributed by atoms with Crippen LogP contribution >= 0.6 is 0 Å². The third kappa shape index (κ3) is 3.19. The lowest BCUT2D eigenvalue weighted by atomic mass is 9.93. The molecule has 118 valence electrons. The van der Waals surface area contributed by atoms with E-state index >= 15 is 0 Å². The predicted molar refractivity (Wildman–Crippen MR) is 76.5 cm³/mol. The number of carbonyl (C=O) groups excluding carboxylic acids is 2. The minimum Gasteiger partial charge on any atom is -0.480 e. The average Bonchev–Trinajstić information content (AvgIpc) is 3.14. The van der Waals surface area contributed by atoms with Gasteiger partial charge < -0.3 is 14.9 Å². The summed E-state index contributed by atoms with van der Waals surface area (Å²) in [5.41, 5.74) is 0. The Kier molecular flexibility index (Phi) is 4.85. The van der Waals surface area contributed by atoms with Gasteiger partial charge in [-0.1, -0.05) is 13.8 Å². The molecule has 0 aliphatic carbocycles. The van der Waals surface area contributed by atoms with Gasteiger partial charge in [0.1, 0.15) is 6.04 Å². The fourth-order valence-corrected chi connectivity index (χ4v) is 3.20. The molecule has 0 spiro atoms. The Morgan fingerprint density at radius 2 is 1.52 bits per heavy atom. The van der Waals surface area contributed by atoms with Crippen molar-refractivity contribution in [2.75, 3.05) is 19.6 Å². The highest BCUT2D eigenvalue weighted by Crippen LogP contribution is 2.25. The van der Waals surface area contributed by atoms with E-state index in [9.17, 15) is 14.4 Å². The Balaban J connectivity index is 2.00. The van der Waals surface area contributed by atoms with E-state index in [0.29, 0.717) is 19.4 Å². The maximum Gasteiger partial charge on any atom is 0.326 e. The van der Waals surface area contributed by atoms with Gasteiger partial charge in [0.15, 0.2) is 0 Å². The first-order chi connectivity index (χ1) is 9.93. The summed E-state index contributed by atoms with van der Waals surface area (Å²) in [6.45, 7) is 5.52. The molecular weight excluding hydrogens is 272 g/mol. The molecule has 21 heavy (non-hydrogen) atoms. The van der Waals surface area contributed by atoms with Gasteiger partial charge >= 0.3 is 5.97 Å². The number of likely N-dealkylation sites (tertiary alicyclic amines) is 2. The quantitative estimate of drug-likeness (QED) is 0.838. The van der Waals surface area contributed by atoms with Crippen LogP contribution < -0.4 is 0 Å². The van der Waals surface area contributed by atoms with E-state index in [-0.39, 0.29) is 11.8 Å². The summed E-state index contributed by atoms with van der Waals surface area (Å²) in [6, 6.07) is -0.728. The first-order valence-corrected chi connectivity index (χ1v) is 7.75. The van der Waals surface area contributed by atoms with E-state index in [4.69, 9.17) is 5.11 Å². The molecule has 2 fully saturated rings. The Morgan fingerprint density at radius 1 is 0.952 bits per heavy atom. The van der Waals surface area contributed by atoms with Gasteiger partial charge in [-0.2, -0.15) is 0 Å². The summed E-state index contributed by atoms with van der Waals surface area (Å²) in [5, 5.41) is 9.17. The number of carboxylic acid groups (broad SMARTS) is 1. The van der Waals surface area contributed by atoms with Crippen LogP contribution in [0.4, 0.5) is 0 Å². The first-order valence-electron chi connectivity index (χ1n) is 7.75. The highest BCUT2D eigenvalue weighted by Gasteiger charge is 2.39. The van der Waals surface area contributed by atoms with Crippen molar-refractivity contribution in [2.45, 2.75) is 45.6 Å². The highest BCUT2D eigenvalue weighted by molar-refractivity contribution is 5.90. The van der Waals surface area contributed by atoms with Gasteiger partial charge in [-0.15, -0.1) is 0 Å². The van der Waals surface area contributed by atoms with E-state index in [1.807, 2.05) is 4.90 Å². The number of carboxylic acids is 1. The maximum absolute atomic E-state index is 12.5. The smallest absolute Gasteiger partial charge is 0.326 e. The molecule has 2 aliphatic heterocycles. The van der Waals surface area contributed by atoms with Crippen molar-refractivity contribution in [3.8, 4) is 0 Å². The largest absolute Gasteiger partial charge is 0.480 e. The normalized spacial score (nSPS) is 25.0. The van der Waals surface area contributed by atoms with Gasteiger partial charge in [0.2, 0.25) is 11.8 Å². The summed E-state index contributed by atoms with van der Waals surface area (Å²) in [4.78, 5) is 39.3. The lowest BCUT2D eigenvalue weighted by Gasteiger charge is -2.29. The van der Waals surface area contributed by atoms with Crippen LogP contribution in [0.15, 0.2) is 0 Å². The van der Waals surface area contributed by atoms with Gasteiger partial charge in [-0.05, 0) is 25.7 Å². The Morgan fingerprint density at radius 3 is 2.10 bits per heavy atom. The van der Waals surface area contributed by atoms with Crippen LogP contribution in [0.3, 0.4) is 0 Å². The SMILES string of the molecule is CC(C(=O)N1CCC[C@@H]1C(=O)O)[C@@H](C)C(=O)N1CCCC1. The molecule has 2 saturated heterocycles. The van der Waals surface area contributed by atoms with E-state index < -0.39 is 23.8 Å². The molecule has 6 heteroatoms. The molecule has 3 atom stereocenters. The van der Waals surface area contributed by atoms with Crippen molar-refractivity contribution in [3.63, 3.8) is 0 Å². The van der Waals surface area contributed by atoms with E-state index in [1.165, 1.54) is 4.90 Å². The zero-order chi connectivity index (χ0) is 15.6. The van der Waals surface area contributed by atoms with Crippen molar-refractivity contribution < 1.29 is 19.5 Å². The van der Waals surface area contributed by atoms with Crippen molar-refractivity contribution in [1.29, 1.82) is 0 Å². The summed E-state index contributed by atoms with van der Waals surface area (Å²) in [6.07, 6.45) is 3.26. The molecular formula is C15H24N2O4. The number of aliphatic carboxylic acids is 1. The molecule has 0 bridgehead atoms. The fraction of sp³-hybridized carbons (Fsp3) is 0.800. The molecule has 1 N–H and O–H groups in total. The van der Waals surface area contributed by atoms with Crippen LogP contribution in [0.25, 0.3) is 0 Å². The second kappa shape index (κ2) is 6.45. The predicted octanol–water partition coefficient (Wildman–Crippen LogP) is 0.957. The second-order valence-electron chi connectivity index (χ2n) is 6.14. The van der Waals surface area contributed by atoms with E-state index in [2.05, 4.69) is 0 Å². The third-order valence-corrected chi connectivity index (χ3v) is 4.77. The Bertz CT molecular complexity index is 431. The topological polar surface area (TPSA) is 77.9 Å². The first kappa shape index (κ1) is 15.8. The number of nitrogens with zero attached hydrogens (tertiary/aromatic N) is 2. The second-order valence-corrected chi connectivity index (χ2v) is 6.14. The van der Waals surface area contributed by atoms with Crippen LogP contribution in [0.5, 0.6) is 0 Å². The number of rotatable bonds is 4. The van der Waals surface area contributed by atoms with Crippen molar-refractivity contribution in [3.05, 3.63) is 0 Å². The lowest BCUT2D eigenvalue weighted by molar-refractivity contribution is -0.152. The highest BCUT2D eigenvalue weighted by atomic mass is 16.4. The fourth-order valence-electron chi connectivity index (χ4n) is 3.20. The molecule has 0 radical (unpaired) electrons. The number of carbonyl (C=O) groups is 3. The minimum atomic E-state index is -0.952. The van der Waals surface area contributed by atoms with Crippen LogP contribution in [0.1, 0.15) is 39.5 Å². The maximum atomic E-state index is 12.5. The number of amides is 2. The molecule has 2 heterocycles. The van der Waals surface area contributed by atoms with Crippen LogP contribution in [-0.2, 0) is 14.4 Å². The molecule has 0 aromatic rings. The van der Waals surface area contributed by atoms with E-state index in [0.717, 1.165) is 25.9 Å². The summed E-state index contributed by atoms with van der Waals surface area (Å²) >= 11 is 0. The molecule has 2 aliphatic rings. The van der Waals surface area contributed by atoms with Crippen molar-refractivity contribution in [2.24, 2.45) is 11.8 Å². The molecule has 2 amide bonds. The zero-order valence-electron chi connectivity index (χ0n) is 12.7. The molecule has 0 saturated carbocycles. The van der Waals surface area contributed by atoms with Gasteiger partial charge in [0.25, 0.3) is 0 Å². The van der Waals surface area contributed by atoms with Crippen LogP contribution in [0.2, 0.25) is 0 Å². The third-order valence-electron chi connectivity index (χ3n) is 4.77. The molecule has 0 aromatic heterocycles. The standard InChI is InChI=1S/C15H24N2O4/c1-10(13(18)16-7-3-4-8-16)11(2)14(19)17-9-5-6-12(17)15(20)21/h10-12H,3-9H2,1-2H3,(H,20,21)/t10-,11?,12-/m1/s1. The number of hydrogen-bond acceptors (Lipinski definition) is 3. The van der Waals surface area contributed by atoms with Crippen LogP contribution in [0, 0.1) is 11.8 Å². The summed E-state index contributed by atoms with van der Waals surface area (Å²) < 4.78 is 0. The molecule has 0 aromatic carbocycles. The van der Waals surface area contributed by atoms with Crippen molar-refractivity contribution >= 4 is 17.8 Å². The van der Waals surface area contributed by atoms with E-state index in [1.54, 1.807) is 13.8 Å². The van der Waals surface area contributed by atoms with Crippen LogP contribution in [-0.4, -0.2) is 58.4 Å². The monoisotopic (exact) mass is 296 g/mol. The average molecular weight is 296 g/mol. The number of hydrogen-bond donors (Lipinski definition) is 1. The minimum absolute atomic E-state index is 0.0134. The molecule has 6 nitrogen and oxygen atoms in total. The Labute approximate surface area is 125 Å². The summed E-state index contributed by atoms with van der Waals surface area (Å²) in [5.74, 6) is -2.02. The van der Waals surface area contributed by atoms with Gasteiger partial charge in [-0.3, -0.25) is 9.59 Å². The molecule has 1 unspecified atom stereocenters. The van der Waals surface area contributed by atoms with Gasteiger partial charge in [0, 0.05) is 31.5 Å². The van der Waals surface area contributed by atoms with Gasteiger partial charge in [-0.25, -0.2) is 4.79 Å². The van der Waals surface area contributed by atoms with Crippen molar-refractivity contribution in [1.82, 2.24) is 9.80 Å².